The van der Waals surface area contributed by atoms with Gasteiger partial charge >= 0.3 is 17.9 Å². The molecule has 0 amide bonds. The summed E-state index contributed by atoms with van der Waals surface area (Å²) in [7, 11) is 0. The molecule has 0 aliphatic heterocycles. The summed E-state index contributed by atoms with van der Waals surface area (Å²) in [5.41, 5.74) is 0. The molecule has 1 unspecified atom stereocenters. The summed E-state index contributed by atoms with van der Waals surface area (Å²) in [4.78, 5) is 38.1. The summed E-state index contributed by atoms with van der Waals surface area (Å²) in [5, 5.41) is 0. The van der Waals surface area contributed by atoms with Crippen molar-refractivity contribution in [2.45, 2.75) is 290 Å². The quantitative estimate of drug-likeness (QED) is 0.0261. The third kappa shape index (κ3) is 60.7. The SMILES string of the molecule is CC/C=C\C/C=C\C/C=C\C/C=C\C/C=C\C/C=C\C/C=C\C/C=C\C/C=C\C/C=C\CCCCC(=O)OCC(COC(=O)CCCCCCCCCCC)OC(=O)CCCCCCCCCCCCCCCCCC. The maximum absolute atomic E-state index is 12.8. The number of unbranched alkanes of at least 4 members (excludes halogenated alkanes) is 25. The van der Waals surface area contributed by atoms with Crippen LogP contribution in [-0.4, -0.2) is 37.2 Å². The maximum Gasteiger partial charge on any atom is 0.306 e. The van der Waals surface area contributed by atoms with Crippen molar-refractivity contribution in [1.29, 1.82) is 0 Å². The van der Waals surface area contributed by atoms with E-state index in [2.05, 4.69) is 142 Å². The van der Waals surface area contributed by atoms with Gasteiger partial charge in [-0.1, -0.05) is 290 Å². The molecule has 0 aromatic rings. The minimum atomic E-state index is -0.794. The van der Waals surface area contributed by atoms with Crippen LogP contribution in [0.3, 0.4) is 0 Å². The van der Waals surface area contributed by atoms with Gasteiger partial charge in [-0.25, -0.2) is 0 Å². The minimum absolute atomic E-state index is 0.0899. The van der Waals surface area contributed by atoms with E-state index >= 15 is 0 Å². The lowest BCUT2D eigenvalue weighted by Gasteiger charge is -2.18. The van der Waals surface area contributed by atoms with Gasteiger partial charge in [0.05, 0.1) is 0 Å². The molecule has 6 nitrogen and oxygen atoms in total. The van der Waals surface area contributed by atoms with Crippen molar-refractivity contribution >= 4 is 17.9 Å². The Morgan fingerprint density at radius 1 is 0.276 bits per heavy atom. The lowest BCUT2D eigenvalue weighted by Crippen LogP contribution is -2.30. The molecule has 0 aromatic heterocycles. The Hall–Kier alpha value is -4.19. The molecule has 0 heterocycles. The smallest absolute Gasteiger partial charge is 0.306 e. The van der Waals surface area contributed by atoms with Crippen molar-refractivity contribution < 1.29 is 28.6 Å². The molecular weight excluding hydrogens is 937 g/mol. The van der Waals surface area contributed by atoms with Gasteiger partial charge in [-0.15, -0.1) is 0 Å². The van der Waals surface area contributed by atoms with E-state index in [9.17, 15) is 14.4 Å². The van der Waals surface area contributed by atoms with Crippen molar-refractivity contribution in [2.75, 3.05) is 13.2 Å². The van der Waals surface area contributed by atoms with Crippen LogP contribution in [0, 0.1) is 0 Å². The van der Waals surface area contributed by atoms with Gasteiger partial charge in [-0.2, -0.15) is 0 Å². The van der Waals surface area contributed by atoms with E-state index in [1.807, 2.05) is 0 Å². The minimum Gasteiger partial charge on any atom is -0.462 e. The van der Waals surface area contributed by atoms with Crippen LogP contribution in [0.1, 0.15) is 284 Å². The van der Waals surface area contributed by atoms with E-state index in [-0.39, 0.29) is 31.1 Å². The van der Waals surface area contributed by atoms with Gasteiger partial charge in [-0.3, -0.25) is 14.4 Å². The molecule has 432 valence electrons. The maximum atomic E-state index is 12.8. The van der Waals surface area contributed by atoms with Gasteiger partial charge in [0.25, 0.3) is 0 Å². The Labute approximate surface area is 469 Å². The second-order valence-electron chi connectivity index (χ2n) is 20.6. The normalized spacial score (nSPS) is 12.9. The van der Waals surface area contributed by atoms with Crippen LogP contribution in [-0.2, 0) is 28.6 Å². The molecule has 0 aromatic carbocycles. The van der Waals surface area contributed by atoms with Gasteiger partial charge in [0.15, 0.2) is 6.10 Å². The Balaban J connectivity index is 4.29. The highest BCUT2D eigenvalue weighted by Gasteiger charge is 2.19. The first kappa shape index (κ1) is 71.8. The fourth-order valence-electron chi connectivity index (χ4n) is 8.53. The summed E-state index contributed by atoms with van der Waals surface area (Å²) < 4.78 is 16.8. The molecule has 0 N–H and O–H groups in total. The van der Waals surface area contributed by atoms with Crippen LogP contribution < -0.4 is 0 Å². The first-order valence-corrected chi connectivity index (χ1v) is 31.5. The lowest BCUT2D eigenvalue weighted by molar-refractivity contribution is -0.167. The number of esters is 3. The molecule has 0 aliphatic carbocycles. The summed E-state index contributed by atoms with van der Waals surface area (Å²) in [6, 6.07) is 0. The second-order valence-corrected chi connectivity index (χ2v) is 20.6. The van der Waals surface area contributed by atoms with Gasteiger partial charge in [0.1, 0.15) is 13.2 Å². The third-order valence-electron chi connectivity index (χ3n) is 13.2. The Bertz CT molecular complexity index is 1590. The summed E-state index contributed by atoms with van der Waals surface area (Å²) in [5.74, 6) is -0.933. The van der Waals surface area contributed by atoms with Gasteiger partial charge < -0.3 is 14.2 Å². The molecular formula is C70H116O6. The third-order valence-corrected chi connectivity index (χ3v) is 13.2. The van der Waals surface area contributed by atoms with Crippen LogP contribution in [0.5, 0.6) is 0 Å². The van der Waals surface area contributed by atoms with Crippen molar-refractivity contribution in [2.24, 2.45) is 0 Å². The van der Waals surface area contributed by atoms with E-state index in [0.29, 0.717) is 19.3 Å². The van der Waals surface area contributed by atoms with Crippen molar-refractivity contribution in [3.05, 3.63) is 122 Å². The summed E-state index contributed by atoms with van der Waals surface area (Å²) >= 11 is 0. The molecule has 1 atom stereocenters. The molecule has 0 radical (unpaired) electrons. The van der Waals surface area contributed by atoms with Gasteiger partial charge in [0, 0.05) is 19.3 Å². The number of rotatable bonds is 56. The average molecular weight is 1050 g/mol. The Morgan fingerprint density at radius 2 is 0.513 bits per heavy atom. The molecule has 0 rings (SSSR count). The van der Waals surface area contributed by atoms with Crippen molar-refractivity contribution in [3.63, 3.8) is 0 Å². The van der Waals surface area contributed by atoms with Gasteiger partial charge in [-0.05, 0) is 96.3 Å². The van der Waals surface area contributed by atoms with E-state index < -0.39 is 6.10 Å². The molecule has 0 spiro atoms. The first-order valence-electron chi connectivity index (χ1n) is 31.5. The van der Waals surface area contributed by atoms with Gasteiger partial charge in [0.2, 0.25) is 0 Å². The lowest BCUT2D eigenvalue weighted by atomic mass is 10.0. The fourth-order valence-corrected chi connectivity index (χ4v) is 8.53. The number of hydrogen-bond acceptors (Lipinski definition) is 6. The highest BCUT2D eigenvalue weighted by molar-refractivity contribution is 5.71. The second kappa shape index (κ2) is 63.3. The summed E-state index contributed by atoms with van der Waals surface area (Å²) in [6.07, 6.45) is 87.9. The largest absolute Gasteiger partial charge is 0.462 e. The highest BCUT2D eigenvalue weighted by atomic mass is 16.6. The molecule has 0 bridgehead atoms. The fraction of sp³-hybridized carbons (Fsp3) is 0.671. The van der Waals surface area contributed by atoms with E-state index in [0.717, 1.165) is 122 Å². The molecule has 0 fully saturated rings. The van der Waals surface area contributed by atoms with E-state index in [1.54, 1.807) is 0 Å². The number of carbonyl (C=O) groups excluding carboxylic acids is 3. The Kier molecular flexibility index (Phi) is 59.9. The van der Waals surface area contributed by atoms with Crippen LogP contribution in [0.25, 0.3) is 0 Å². The zero-order valence-electron chi connectivity index (χ0n) is 49.5. The number of hydrogen-bond donors (Lipinski definition) is 0. The monoisotopic (exact) mass is 1050 g/mol. The number of ether oxygens (including phenoxy) is 3. The molecule has 0 aliphatic rings. The molecule has 0 saturated heterocycles. The molecule has 0 saturated carbocycles. The van der Waals surface area contributed by atoms with Crippen molar-refractivity contribution in [3.8, 4) is 0 Å². The predicted molar refractivity (Wildman–Crippen MR) is 330 cm³/mol. The molecule has 6 heteroatoms. The predicted octanol–water partition coefficient (Wildman–Crippen LogP) is 21.6. The zero-order chi connectivity index (χ0) is 55.0. The molecule has 76 heavy (non-hydrogen) atoms. The standard InChI is InChI=1S/C70H116O6/c1-4-7-10-13-16-19-21-23-25-27-28-29-30-31-32-33-34-35-36-37-38-39-40-41-42-43-45-46-48-51-54-57-60-63-69(72)75-66-67(65-74-68(71)62-59-56-53-50-18-15-12-9-6-3)76-70(73)64-61-58-55-52-49-47-44-26-24-22-20-17-14-11-8-5-2/h7,10,16,19,23,25,28-29,31-32,34-35,37-38,40-41,43,45,48,51,67H,4-6,8-9,11-15,17-18,20-22,24,26-27,30,33,36,39,42,44,46-47,49-50,52-66H2,1-3H3/b10-7-,19-16-,25-23-,29-28-,32-31-,35-34-,38-37-,41-40-,45-43-,51-48-. The van der Waals surface area contributed by atoms with Crippen LogP contribution >= 0.6 is 0 Å². The zero-order valence-corrected chi connectivity index (χ0v) is 49.5. The Morgan fingerprint density at radius 3 is 0.803 bits per heavy atom. The average Bonchev–Trinajstić information content (AvgIpc) is 3.42. The van der Waals surface area contributed by atoms with Crippen LogP contribution in [0.2, 0.25) is 0 Å². The highest BCUT2D eigenvalue weighted by Crippen LogP contribution is 2.16. The first-order chi connectivity index (χ1) is 37.5. The summed E-state index contributed by atoms with van der Waals surface area (Å²) in [6.45, 7) is 6.48. The number of carbonyl (C=O) groups is 3. The number of allylic oxidation sites excluding steroid dienone is 20. The van der Waals surface area contributed by atoms with Crippen molar-refractivity contribution in [1.82, 2.24) is 0 Å². The topological polar surface area (TPSA) is 78.9 Å². The van der Waals surface area contributed by atoms with Crippen LogP contribution in [0.15, 0.2) is 122 Å². The van der Waals surface area contributed by atoms with Crippen LogP contribution in [0.4, 0.5) is 0 Å². The van der Waals surface area contributed by atoms with E-state index in [4.69, 9.17) is 14.2 Å². The van der Waals surface area contributed by atoms with E-state index in [1.165, 1.54) is 122 Å².